The highest BCUT2D eigenvalue weighted by Crippen LogP contribution is 2.30. The first kappa shape index (κ1) is 91.5. The van der Waals surface area contributed by atoms with Crippen molar-refractivity contribution in [1.82, 2.24) is 62.7 Å². The molecule has 598 valence electrons. The lowest BCUT2D eigenvalue weighted by molar-refractivity contribution is -0.124. The number of anilines is 2. The van der Waals surface area contributed by atoms with Gasteiger partial charge in [0.05, 0.1) is 0 Å². The molecule has 2 atom stereocenters. The Balaban J connectivity index is 1.83. The lowest BCUT2D eigenvalue weighted by Crippen LogP contribution is -2.49. The maximum absolute atomic E-state index is 14.0. The third-order valence-corrected chi connectivity index (χ3v) is 14.2. The van der Waals surface area contributed by atoms with E-state index in [4.69, 9.17) is 62.0 Å². The second kappa shape index (κ2) is 43.2. The number of hydrogen-bond donors (Lipinski definition) is 12. The molecule has 0 bridgehead atoms. The Morgan fingerprint density at radius 2 is 0.860 bits per heavy atom. The number of ether oxygens (including phenoxy) is 7. The summed E-state index contributed by atoms with van der Waals surface area (Å²) in [4.78, 5) is 141. The Labute approximate surface area is 633 Å². The number of nitrogens with one attached hydrogen (secondary N) is 9. The summed E-state index contributed by atoms with van der Waals surface area (Å²) in [7, 11) is 0. The van der Waals surface area contributed by atoms with E-state index >= 15 is 0 Å². The summed E-state index contributed by atoms with van der Waals surface area (Å²) in [6, 6.07) is 9.77. The molecule has 0 aliphatic rings. The molecule has 34 nitrogen and oxygen atoms in total. The van der Waals surface area contributed by atoms with E-state index in [1.807, 2.05) is 36.4 Å². The van der Waals surface area contributed by atoms with Crippen LogP contribution in [0, 0.1) is 0 Å². The molecule has 0 radical (unpaired) electrons. The number of aromatic nitrogens is 2. The summed E-state index contributed by atoms with van der Waals surface area (Å²) in [6.07, 6.45) is -0.292. The number of fused-ring (bicyclic) bond motifs is 1. The first-order valence-electron chi connectivity index (χ1n) is 35.8. The van der Waals surface area contributed by atoms with Gasteiger partial charge < -0.3 is 71.6 Å². The SMILES string of the molecule is CC(C)(C)OC(=O)NC(=NCCCC[C@@H](NC(=O)OC(C)(C)C)C(=O)NCCCN(CCCNC(=O)[C@@H](CCCCN=C(NC(=O)OC(C)(C)C)NC(=O)OC(C)(C)C)NC(=O)OC(C)(C)C)CCOc1ccc(CCCCN=C(N)NC(=O)c2nc(Cl)c(N)nc2N)c2ccccc12)NC(=O)OC(C)(C)C. The van der Waals surface area contributed by atoms with E-state index in [0.29, 0.717) is 83.3 Å². The number of nitrogen functional groups attached to an aromatic ring is 2. The van der Waals surface area contributed by atoms with Crippen LogP contribution in [0.3, 0.4) is 0 Å². The minimum Gasteiger partial charge on any atom is -0.492 e. The van der Waals surface area contributed by atoms with Crippen LogP contribution in [-0.2, 0) is 44.4 Å². The molecular weight excluding hydrogens is 1410 g/mol. The van der Waals surface area contributed by atoms with Gasteiger partial charge in [-0.25, -0.2) is 38.7 Å². The van der Waals surface area contributed by atoms with Crippen LogP contribution in [0.15, 0.2) is 51.4 Å². The van der Waals surface area contributed by atoms with E-state index in [1.54, 1.807) is 125 Å². The maximum Gasteiger partial charge on any atom is 0.414 e. The van der Waals surface area contributed by atoms with Gasteiger partial charge in [0.25, 0.3) is 5.91 Å². The number of carbonyl (C=O) groups excluding carboxylic acids is 9. The van der Waals surface area contributed by atoms with Gasteiger partial charge in [-0.2, -0.15) is 0 Å². The van der Waals surface area contributed by atoms with E-state index in [9.17, 15) is 43.2 Å². The van der Waals surface area contributed by atoms with Crippen molar-refractivity contribution in [2.45, 2.75) is 241 Å². The Morgan fingerprint density at radius 3 is 1.28 bits per heavy atom. The molecule has 0 aliphatic carbocycles. The normalized spacial score (nSPS) is 12.6. The fourth-order valence-corrected chi connectivity index (χ4v) is 9.71. The predicted octanol–water partition coefficient (Wildman–Crippen LogP) is 9.15. The number of hydrogen-bond acceptors (Lipinski definition) is 24. The molecule has 1 aromatic heterocycles. The van der Waals surface area contributed by atoms with Crippen molar-refractivity contribution >= 4 is 106 Å². The number of aliphatic imine (C=N–C) groups is 3. The molecule has 35 heteroatoms. The van der Waals surface area contributed by atoms with Crippen LogP contribution in [0.1, 0.15) is 205 Å². The fourth-order valence-electron chi connectivity index (χ4n) is 9.58. The fraction of sp³-hybridized carbons (Fsp3) is 0.639. The quantitative estimate of drug-likeness (QED) is 0.0120. The number of aryl methyl sites for hydroxylation is 1. The third kappa shape index (κ3) is 41.1. The van der Waals surface area contributed by atoms with Crippen LogP contribution < -0.4 is 69.8 Å². The lowest BCUT2D eigenvalue weighted by atomic mass is 9.99. The Hall–Kier alpha value is -9.73. The van der Waals surface area contributed by atoms with Gasteiger partial charge in [-0.1, -0.05) is 41.9 Å². The number of nitrogens with two attached hydrogens (primary N) is 3. The molecule has 0 unspecified atom stereocenters. The second-order valence-electron chi connectivity index (χ2n) is 30.9. The number of halogens is 1. The van der Waals surface area contributed by atoms with Gasteiger partial charge in [0.15, 0.2) is 28.4 Å². The number of nitrogens with zero attached hydrogens (tertiary/aromatic N) is 6. The molecule has 3 aromatic rings. The molecule has 1 heterocycles. The van der Waals surface area contributed by atoms with Crippen molar-refractivity contribution in [3.05, 3.63) is 52.8 Å². The van der Waals surface area contributed by atoms with Crippen molar-refractivity contribution < 1.29 is 76.3 Å². The summed E-state index contributed by atoms with van der Waals surface area (Å²) in [5, 5.41) is 25.3. The van der Waals surface area contributed by atoms with E-state index in [-0.39, 0.29) is 86.0 Å². The molecule has 0 saturated carbocycles. The summed E-state index contributed by atoms with van der Waals surface area (Å²) < 4.78 is 39.0. The number of benzene rings is 2. The molecule has 0 saturated heterocycles. The first-order chi connectivity index (χ1) is 49.6. The highest BCUT2D eigenvalue weighted by Gasteiger charge is 2.29. The topological polar surface area (TPSA) is 471 Å². The highest BCUT2D eigenvalue weighted by molar-refractivity contribution is 6.31. The lowest BCUT2D eigenvalue weighted by Gasteiger charge is -2.25. The number of carbonyl (C=O) groups is 9. The Kier molecular flexibility index (Phi) is 36.9. The van der Waals surface area contributed by atoms with Crippen LogP contribution in [0.4, 0.5) is 40.4 Å². The van der Waals surface area contributed by atoms with Gasteiger partial charge in [-0.3, -0.25) is 60.8 Å². The summed E-state index contributed by atoms with van der Waals surface area (Å²) in [5.41, 5.74) is 13.2. The van der Waals surface area contributed by atoms with Crippen LogP contribution in [0.25, 0.3) is 10.8 Å². The van der Waals surface area contributed by atoms with Gasteiger partial charge in [-0.15, -0.1) is 0 Å². The molecule has 15 N–H and O–H groups in total. The Bertz CT molecular complexity index is 3350. The monoisotopic (exact) mass is 1520 g/mol. The van der Waals surface area contributed by atoms with Gasteiger partial charge in [0, 0.05) is 44.7 Å². The summed E-state index contributed by atoms with van der Waals surface area (Å²) in [6.45, 7) is 32.8. The molecule has 9 amide bonds. The smallest absolute Gasteiger partial charge is 0.414 e. The average Bonchev–Trinajstić information content (AvgIpc) is 0.808. The van der Waals surface area contributed by atoms with Gasteiger partial charge in [0.2, 0.25) is 23.7 Å². The van der Waals surface area contributed by atoms with E-state index < -0.39 is 100.0 Å². The zero-order valence-corrected chi connectivity index (χ0v) is 66.3. The van der Waals surface area contributed by atoms with E-state index in [1.165, 1.54) is 0 Å². The van der Waals surface area contributed by atoms with Crippen LogP contribution in [0.5, 0.6) is 5.75 Å². The van der Waals surface area contributed by atoms with Crippen molar-refractivity contribution in [3.63, 3.8) is 0 Å². The van der Waals surface area contributed by atoms with Gasteiger partial charge in [0.1, 0.15) is 58.0 Å². The number of unbranched alkanes of at least 4 members (excludes halogenated alkanes) is 3. The van der Waals surface area contributed by atoms with E-state index in [2.05, 4.69) is 77.7 Å². The number of amides is 9. The summed E-state index contributed by atoms with van der Waals surface area (Å²) >= 11 is 5.94. The number of guanidine groups is 3. The minimum absolute atomic E-state index is 0.0866. The average molecular weight is 1530 g/mol. The molecule has 0 spiro atoms. The van der Waals surface area contributed by atoms with E-state index in [0.717, 1.165) is 22.8 Å². The van der Waals surface area contributed by atoms with Crippen LogP contribution >= 0.6 is 11.6 Å². The molecule has 2 aromatic carbocycles. The predicted molar refractivity (Wildman–Crippen MR) is 410 cm³/mol. The third-order valence-electron chi connectivity index (χ3n) is 13.9. The second-order valence-corrected chi connectivity index (χ2v) is 31.3. The van der Waals surface area contributed by atoms with Crippen molar-refractivity contribution in [1.29, 1.82) is 0 Å². The van der Waals surface area contributed by atoms with Crippen LogP contribution in [0.2, 0.25) is 5.15 Å². The molecule has 0 aliphatic heterocycles. The van der Waals surface area contributed by atoms with Gasteiger partial charge >= 0.3 is 36.6 Å². The van der Waals surface area contributed by atoms with Crippen molar-refractivity contribution in [2.24, 2.45) is 20.7 Å². The standard InChI is InChI=1S/C72H117ClN18O16/c1-67(2,3)102-61(95)82-48(32-22-25-37-80-59(87-63(97)104-69(7,8)9)88-64(98)105-70(10,11)12)55(92)77-39-27-41-91(43-44-101-50-35-34-45(46-30-19-20-31-47(46)50)29-21-24-36-79-58(76)86-57(94)51-53(74)85-54(75)52(73)84-51)42-28-40-78-56(93)49(83-62(96)103-68(4,5)6)33-23-26-38-81-60(89-65(99)106-71(13,14)15)90-66(100)107-72(16,17)18/h19-20,30-31,34-35,48-49H,21-29,32-33,36-44H2,1-18H3,(H,77,92)(H,78,93)(H,82,95)(H,83,96)(H4,74,75,85)(H3,76,79,86,94)(H2,80,87,88,97,98)(H2,81,89,90,99,100)/t48-,49-/m1/s1. The molecule has 0 fully saturated rings. The zero-order chi connectivity index (χ0) is 80.5. The summed E-state index contributed by atoms with van der Waals surface area (Å²) in [5.74, 6) is -1.89. The highest BCUT2D eigenvalue weighted by atomic mass is 35.5. The maximum atomic E-state index is 14.0. The molecule has 107 heavy (non-hydrogen) atoms. The Morgan fingerprint density at radius 1 is 0.467 bits per heavy atom. The largest absolute Gasteiger partial charge is 0.492 e. The molecular formula is C72H117ClN18O16. The first-order valence-corrected chi connectivity index (χ1v) is 36.2. The minimum atomic E-state index is -1.03. The number of rotatable bonds is 32. The number of alkyl carbamates (subject to hydrolysis) is 6. The van der Waals surface area contributed by atoms with Crippen molar-refractivity contribution in [3.8, 4) is 5.75 Å². The van der Waals surface area contributed by atoms with Crippen molar-refractivity contribution in [2.75, 3.05) is 70.4 Å². The van der Waals surface area contributed by atoms with Crippen LogP contribution in [-0.4, -0.2) is 192 Å². The molecule has 3 rings (SSSR count). The zero-order valence-electron chi connectivity index (χ0n) is 65.6. The van der Waals surface area contributed by atoms with Gasteiger partial charge in [-0.05, 0) is 225 Å².